The van der Waals surface area contributed by atoms with Gasteiger partial charge in [0.25, 0.3) is 0 Å². The third-order valence-corrected chi connectivity index (χ3v) is 0.655. The van der Waals surface area contributed by atoms with Gasteiger partial charge in [0.1, 0.15) is 0 Å². The summed E-state index contributed by atoms with van der Waals surface area (Å²) in [4.78, 5) is 0. The van der Waals surface area contributed by atoms with E-state index < -0.39 is 0 Å². The normalized spacial score (nSPS) is 8.83. The molecule has 1 aliphatic rings. The smallest absolute Gasteiger partial charge is 0.0319 e. The summed E-state index contributed by atoms with van der Waals surface area (Å²) in [6, 6.07) is 0. The molecule has 4 heteroatoms. The molecule has 3 N–H and O–H groups in total. The van der Waals surface area contributed by atoms with Crippen LogP contribution in [0.3, 0.4) is 0 Å². The second kappa shape index (κ2) is 42.9. The van der Waals surface area contributed by atoms with Crippen LogP contribution >= 0.6 is 0 Å². The molecule has 0 fully saturated rings. The maximum absolute atomic E-state index is 7.00. The largest absolute Gasteiger partial charge is 0.400 e. The Balaban J connectivity index is -0.0000000406. The van der Waals surface area contributed by atoms with Crippen LogP contribution in [0, 0.1) is 0 Å². The first-order valence-electron chi connectivity index (χ1n) is 3.16. The van der Waals surface area contributed by atoms with E-state index in [4.69, 9.17) is 15.3 Å². The monoisotopic (exact) mass is 252 g/mol. The van der Waals surface area contributed by atoms with Gasteiger partial charge >= 0.3 is 0 Å². The van der Waals surface area contributed by atoms with Gasteiger partial charge in [-0.3, -0.25) is 0 Å². The SMILES string of the molecule is C1=CCC=C1.CO.CO.CO.[Zr]. The number of rotatable bonds is 0. The van der Waals surface area contributed by atoms with E-state index in [2.05, 4.69) is 24.3 Å². The van der Waals surface area contributed by atoms with Gasteiger partial charge in [-0.2, -0.15) is 0 Å². The molecule has 1 aliphatic carbocycles. The molecule has 0 aromatic carbocycles. The summed E-state index contributed by atoms with van der Waals surface area (Å²) in [6.07, 6.45) is 9.50. The molecule has 0 aliphatic heterocycles. The van der Waals surface area contributed by atoms with Gasteiger partial charge in [-0.15, -0.1) is 0 Å². The van der Waals surface area contributed by atoms with Crippen LogP contribution in [0.25, 0.3) is 0 Å². The third kappa shape index (κ3) is 31.8. The second-order valence-corrected chi connectivity index (χ2v) is 1.09. The van der Waals surface area contributed by atoms with Crippen molar-refractivity contribution in [2.24, 2.45) is 0 Å². The summed E-state index contributed by atoms with van der Waals surface area (Å²) in [6.45, 7) is 0. The molecule has 0 bridgehead atoms. The van der Waals surface area contributed by atoms with Gasteiger partial charge in [-0.05, 0) is 6.42 Å². The van der Waals surface area contributed by atoms with Gasteiger partial charge in [0.15, 0.2) is 0 Å². The summed E-state index contributed by atoms with van der Waals surface area (Å²) in [7, 11) is 3.00. The quantitative estimate of drug-likeness (QED) is 0.583. The van der Waals surface area contributed by atoms with E-state index in [1.165, 1.54) is 0 Å². The van der Waals surface area contributed by atoms with E-state index in [1.807, 2.05) is 0 Å². The van der Waals surface area contributed by atoms with Crippen molar-refractivity contribution in [1.29, 1.82) is 0 Å². The first-order valence-corrected chi connectivity index (χ1v) is 3.16. The van der Waals surface area contributed by atoms with Crippen LogP contribution in [0.2, 0.25) is 0 Å². The van der Waals surface area contributed by atoms with E-state index in [0.717, 1.165) is 27.8 Å². The molecule has 0 saturated carbocycles. The molecule has 0 aromatic rings. The van der Waals surface area contributed by atoms with Gasteiger partial charge in [0.05, 0.1) is 0 Å². The molecule has 0 amide bonds. The van der Waals surface area contributed by atoms with Gasteiger partial charge < -0.3 is 15.3 Å². The minimum absolute atomic E-state index is 0. The van der Waals surface area contributed by atoms with Gasteiger partial charge in [0, 0.05) is 47.5 Å². The molecule has 12 heavy (non-hydrogen) atoms. The van der Waals surface area contributed by atoms with E-state index in [-0.39, 0.29) is 26.2 Å². The zero-order valence-corrected chi connectivity index (χ0v) is 10.3. The molecule has 0 heterocycles. The van der Waals surface area contributed by atoms with Crippen LogP contribution in [0.1, 0.15) is 6.42 Å². The van der Waals surface area contributed by atoms with Crippen molar-refractivity contribution in [2.75, 3.05) is 21.3 Å². The van der Waals surface area contributed by atoms with Crippen molar-refractivity contribution >= 4 is 0 Å². The van der Waals surface area contributed by atoms with E-state index in [0.29, 0.717) is 0 Å². The van der Waals surface area contributed by atoms with E-state index in [9.17, 15) is 0 Å². The van der Waals surface area contributed by atoms with Crippen LogP contribution in [0.4, 0.5) is 0 Å². The maximum atomic E-state index is 7.00. The van der Waals surface area contributed by atoms with Gasteiger partial charge in [-0.25, -0.2) is 0 Å². The Bertz CT molecular complexity index is 72.4. The second-order valence-electron chi connectivity index (χ2n) is 1.09. The topological polar surface area (TPSA) is 60.7 Å². The molecular weight excluding hydrogens is 235 g/mol. The first-order chi connectivity index (χ1) is 5.50. The number of aliphatic hydroxyl groups is 3. The Kier molecular flexibility index (Phi) is 81.4. The Morgan fingerprint density at radius 2 is 1.00 bits per heavy atom. The molecule has 0 aromatic heterocycles. The molecule has 0 unspecified atom stereocenters. The molecule has 1 rings (SSSR count). The van der Waals surface area contributed by atoms with Crippen molar-refractivity contribution in [2.45, 2.75) is 6.42 Å². The Morgan fingerprint density at radius 3 is 1.08 bits per heavy atom. The summed E-state index contributed by atoms with van der Waals surface area (Å²) < 4.78 is 0. The van der Waals surface area contributed by atoms with Crippen molar-refractivity contribution in [3.63, 3.8) is 0 Å². The average molecular weight is 253 g/mol. The van der Waals surface area contributed by atoms with Crippen LogP contribution in [0.5, 0.6) is 0 Å². The van der Waals surface area contributed by atoms with Crippen molar-refractivity contribution in [3.8, 4) is 0 Å². The molecular formula is C8H18O3Zr. The number of hydrogen-bond acceptors (Lipinski definition) is 3. The Hall–Kier alpha value is 0.243. The van der Waals surface area contributed by atoms with Crippen molar-refractivity contribution in [3.05, 3.63) is 24.3 Å². The number of allylic oxidation sites excluding steroid dienone is 4. The van der Waals surface area contributed by atoms with Gasteiger partial charge in [-0.1, -0.05) is 24.3 Å². The van der Waals surface area contributed by atoms with Crippen molar-refractivity contribution in [1.82, 2.24) is 0 Å². The Morgan fingerprint density at radius 1 is 0.750 bits per heavy atom. The Labute approximate surface area is 93.6 Å². The van der Waals surface area contributed by atoms with Crippen molar-refractivity contribution < 1.29 is 41.5 Å². The molecule has 3 nitrogen and oxygen atoms in total. The molecule has 0 radical (unpaired) electrons. The minimum Gasteiger partial charge on any atom is -0.400 e. The summed E-state index contributed by atoms with van der Waals surface area (Å²) >= 11 is 0. The number of aliphatic hydroxyl groups excluding tert-OH is 3. The van der Waals surface area contributed by atoms with Gasteiger partial charge in [0.2, 0.25) is 0 Å². The van der Waals surface area contributed by atoms with Crippen LogP contribution in [-0.4, -0.2) is 36.6 Å². The first kappa shape index (κ1) is 22.8. The molecule has 72 valence electrons. The van der Waals surface area contributed by atoms with Crippen LogP contribution < -0.4 is 0 Å². The van der Waals surface area contributed by atoms with Crippen LogP contribution in [-0.2, 0) is 26.2 Å². The summed E-state index contributed by atoms with van der Waals surface area (Å²) in [5.74, 6) is 0. The molecule has 0 atom stereocenters. The van der Waals surface area contributed by atoms with E-state index >= 15 is 0 Å². The average Bonchev–Trinajstić information content (AvgIpc) is 2.71. The number of hydrogen-bond donors (Lipinski definition) is 3. The summed E-state index contributed by atoms with van der Waals surface area (Å²) in [5.41, 5.74) is 0. The molecule has 0 spiro atoms. The van der Waals surface area contributed by atoms with E-state index in [1.54, 1.807) is 0 Å². The summed E-state index contributed by atoms with van der Waals surface area (Å²) in [5, 5.41) is 21.0. The zero-order valence-electron chi connectivity index (χ0n) is 7.86. The predicted octanol–water partition coefficient (Wildman–Crippen LogP) is 0.326. The predicted molar refractivity (Wildman–Crippen MR) is 47.3 cm³/mol. The zero-order chi connectivity index (χ0) is 9.54. The maximum Gasteiger partial charge on any atom is 0.0319 e. The fourth-order valence-electron chi connectivity index (χ4n) is 0.393. The third-order valence-electron chi connectivity index (χ3n) is 0.655. The molecule has 0 saturated heterocycles. The van der Waals surface area contributed by atoms with Crippen LogP contribution in [0.15, 0.2) is 24.3 Å². The minimum atomic E-state index is 0. The fourth-order valence-corrected chi connectivity index (χ4v) is 0.393. The standard InChI is InChI=1S/C5H6.3CH4O.Zr/c1-2-4-5-3-1;3*1-2;/h1-4H,5H2;3*2H,1H3;. The fraction of sp³-hybridized carbons (Fsp3) is 0.500.